The van der Waals surface area contributed by atoms with Gasteiger partial charge in [-0.1, -0.05) is 12.1 Å². The van der Waals surface area contributed by atoms with Crippen molar-refractivity contribution in [2.45, 2.75) is 6.42 Å². The third-order valence-corrected chi connectivity index (χ3v) is 3.52. The average molecular weight is 305 g/mol. The number of fused-ring (bicyclic) bond motifs is 2. The van der Waals surface area contributed by atoms with E-state index in [0.29, 0.717) is 22.8 Å². The smallest absolute Gasteiger partial charge is 0.276 e. The predicted octanol–water partition coefficient (Wildman–Crippen LogP) is 2.28. The lowest BCUT2D eigenvalue weighted by Gasteiger charge is -2.21. The number of aryl methyl sites for hydroxylation is 1. The van der Waals surface area contributed by atoms with E-state index in [1.807, 2.05) is 6.07 Å². The molecule has 1 aromatic carbocycles. The Morgan fingerprint density at radius 2 is 2.10 bits per heavy atom. The summed E-state index contributed by atoms with van der Waals surface area (Å²) in [4.78, 5) is 26.3. The zero-order chi connectivity index (χ0) is 15.0. The van der Waals surface area contributed by atoms with Crippen molar-refractivity contribution < 1.29 is 9.59 Å². The molecule has 3 rings (SSSR count). The molecule has 0 aliphatic carbocycles. The maximum Gasteiger partial charge on any atom is 0.276 e. The van der Waals surface area contributed by atoms with E-state index in [2.05, 4.69) is 10.4 Å². The van der Waals surface area contributed by atoms with Crippen molar-refractivity contribution in [3.8, 4) is 0 Å². The number of rotatable bonds is 2. The lowest BCUT2D eigenvalue weighted by atomic mass is 10.2. The van der Waals surface area contributed by atoms with E-state index in [9.17, 15) is 9.59 Å². The number of amides is 2. The Hall–Kier alpha value is -2.34. The van der Waals surface area contributed by atoms with Gasteiger partial charge in [0, 0.05) is 19.3 Å². The Kier molecular flexibility index (Phi) is 3.39. The quantitative estimate of drug-likeness (QED) is 0.866. The van der Waals surface area contributed by atoms with Crippen LogP contribution in [0.4, 0.5) is 17.1 Å². The topological polar surface area (TPSA) is 67.2 Å². The van der Waals surface area contributed by atoms with Crippen LogP contribution in [-0.2, 0) is 11.8 Å². The van der Waals surface area contributed by atoms with Crippen LogP contribution in [0.1, 0.15) is 16.9 Å². The molecule has 0 saturated carbocycles. The molecular formula is C14H13ClN4O2. The number of benzene rings is 1. The number of nitrogens with one attached hydrogen (secondary N) is 1. The molecule has 0 unspecified atom stereocenters. The van der Waals surface area contributed by atoms with Gasteiger partial charge < -0.3 is 5.32 Å². The van der Waals surface area contributed by atoms with Crippen LogP contribution < -0.4 is 10.2 Å². The van der Waals surface area contributed by atoms with E-state index in [-0.39, 0.29) is 24.1 Å². The molecule has 2 heterocycles. The zero-order valence-electron chi connectivity index (χ0n) is 11.3. The number of para-hydroxylation sites is 2. The molecule has 7 heteroatoms. The molecule has 0 radical (unpaired) electrons. The van der Waals surface area contributed by atoms with Gasteiger partial charge in [-0.15, -0.1) is 11.6 Å². The number of alkyl halides is 1. The molecule has 1 aliphatic heterocycles. The fourth-order valence-corrected chi connectivity index (χ4v) is 2.56. The predicted molar refractivity (Wildman–Crippen MR) is 80.1 cm³/mol. The van der Waals surface area contributed by atoms with E-state index < -0.39 is 0 Å². The maximum absolute atomic E-state index is 12.5. The Labute approximate surface area is 126 Å². The van der Waals surface area contributed by atoms with E-state index >= 15 is 0 Å². The number of anilines is 3. The van der Waals surface area contributed by atoms with Crippen molar-refractivity contribution in [1.29, 1.82) is 0 Å². The first-order valence-corrected chi connectivity index (χ1v) is 6.98. The zero-order valence-corrected chi connectivity index (χ0v) is 12.1. The number of hydrogen-bond acceptors (Lipinski definition) is 3. The number of carbonyl (C=O) groups is 2. The van der Waals surface area contributed by atoms with E-state index in [4.69, 9.17) is 11.6 Å². The largest absolute Gasteiger partial charge is 0.319 e. The Morgan fingerprint density at radius 1 is 1.33 bits per heavy atom. The summed E-state index contributed by atoms with van der Waals surface area (Å²) in [5, 5.41) is 6.89. The van der Waals surface area contributed by atoms with Crippen molar-refractivity contribution in [1.82, 2.24) is 9.78 Å². The Balaban J connectivity index is 2.23. The first-order valence-electron chi connectivity index (χ1n) is 6.44. The second kappa shape index (κ2) is 5.21. The fourth-order valence-electron chi connectivity index (χ4n) is 2.40. The minimum Gasteiger partial charge on any atom is -0.319 e. The van der Waals surface area contributed by atoms with Crippen LogP contribution in [0.3, 0.4) is 0 Å². The molecule has 0 saturated heterocycles. The Bertz CT molecular complexity index is 726. The maximum atomic E-state index is 12.5. The standard InChI is InChI=1S/C14H13ClN4O2/c1-18-13-11(8-16-18)19(12(20)6-7-15)10-5-3-2-4-9(10)17-14(13)21/h2-5,8H,6-7H2,1H3,(H,17,21). The van der Waals surface area contributed by atoms with Gasteiger partial charge in [-0.3, -0.25) is 19.2 Å². The lowest BCUT2D eigenvalue weighted by Crippen LogP contribution is -2.26. The SMILES string of the molecule is Cn1ncc2c1C(=O)Nc1ccccc1N2C(=O)CCCl. The monoisotopic (exact) mass is 304 g/mol. The molecule has 1 N–H and O–H groups in total. The average Bonchev–Trinajstić information content (AvgIpc) is 2.77. The summed E-state index contributed by atoms with van der Waals surface area (Å²) in [5.41, 5.74) is 2.01. The summed E-state index contributed by atoms with van der Waals surface area (Å²) in [7, 11) is 1.67. The summed E-state index contributed by atoms with van der Waals surface area (Å²) in [6.07, 6.45) is 1.70. The molecule has 0 fully saturated rings. The van der Waals surface area contributed by atoms with Crippen molar-refractivity contribution in [3.63, 3.8) is 0 Å². The third kappa shape index (κ3) is 2.17. The van der Waals surface area contributed by atoms with Gasteiger partial charge in [0.2, 0.25) is 5.91 Å². The summed E-state index contributed by atoms with van der Waals surface area (Å²) in [6.45, 7) is 0. The van der Waals surface area contributed by atoms with E-state index in [0.717, 1.165) is 0 Å². The van der Waals surface area contributed by atoms with Gasteiger partial charge in [0.25, 0.3) is 5.91 Å². The van der Waals surface area contributed by atoms with Gasteiger partial charge in [0.05, 0.1) is 23.3 Å². The van der Waals surface area contributed by atoms with Crippen LogP contribution in [0.15, 0.2) is 30.5 Å². The number of halogens is 1. The van der Waals surface area contributed by atoms with Crippen LogP contribution in [0.25, 0.3) is 0 Å². The van der Waals surface area contributed by atoms with Gasteiger partial charge in [-0.05, 0) is 12.1 Å². The highest BCUT2D eigenvalue weighted by molar-refractivity contribution is 6.21. The van der Waals surface area contributed by atoms with Gasteiger partial charge >= 0.3 is 0 Å². The molecule has 108 valence electrons. The van der Waals surface area contributed by atoms with Crippen molar-refractivity contribution >= 4 is 40.5 Å². The van der Waals surface area contributed by atoms with Gasteiger partial charge in [0.15, 0.2) is 0 Å². The molecular weight excluding hydrogens is 292 g/mol. The molecule has 21 heavy (non-hydrogen) atoms. The number of aromatic nitrogens is 2. The summed E-state index contributed by atoms with van der Waals surface area (Å²) in [5.74, 6) is -0.254. The molecule has 1 aliphatic rings. The molecule has 6 nitrogen and oxygen atoms in total. The van der Waals surface area contributed by atoms with Crippen LogP contribution in [0.5, 0.6) is 0 Å². The van der Waals surface area contributed by atoms with Crippen LogP contribution >= 0.6 is 11.6 Å². The highest BCUT2D eigenvalue weighted by Gasteiger charge is 2.31. The fraction of sp³-hybridized carbons (Fsp3) is 0.214. The van der Waals surface area contributed by atoms with Gasteiger partial charge in [-0.2, -0.15) is 5.10 Å². The van der Waals surface area contributed by atoms with Gasteiger partial charge in [-0.25, -0.2) is 0 Å². The summed E-state index contributed by atoms with van der Waals surface area (Å²) < 4.78 is 1.46. The molecule has 2 amide bonds. The number of nitrogens with zero attached hydrogens (tertiary/aromatic N) is 3. The van der Waals surface area contributed by atoms with Gasteiger partial charge in [0.1, 0.15) is 5.69 Å². The van der Waals surface area contributed by atoms with Crippen molar-refractivity contribution in [2.24, 2.45) is 7.05 Å². The van der Waals surface area contributed by atoms with E-state index in [1.165, 1.54) is 15.8 Å². The normalized spacial score (nSPS) is 13.2. The third-order valence-electron chi connectivity index (χ3n) is 3.33. The summed E-state index contributed by atoms with van der Waals surface area (Å²) >= 11 is 5.69. The minimum absolute atomic E-state index is 0.178. The van der Waals surface area contributed by atoms with Crippen LogP contribution in [0, 0.1) is 0 Å². The Morgan fingerprint density at radius 3 is 2.86 bits per heavy atom. The first-order chi connectivity index (χ1) is 10.1. The number of hydrogen-bond donors (Lipinski definition) is 1. The van der Waals surface area contributed by atoms with E-state index in [1.54, 1.807) is 25.2 Å². The summed E-state index contributed by atoms with van der Waals surface area (Å²) in [6, 6.07) is 7.16. The molecule has 0 atom stereocenters. The van der Waals surface area contributed by atoms with Crippen LogP contribution in [-0.4, -0.2) is 27.5 Å². The molecule has 0 spiro atoms. The second-order valence-electron chi connectivity index (χ2n) is 4.64. The van der Waals surface area contributed by atoms with Crippen molar-refractivity contribution in [3.05, 3.63) is 36.2 Å². The van der Waals surface area contributed by atoms with Crippen molar-refractivity contribution in [2.75, 3.05) is 16.1 Å². The minimum atomic E-state index is -0.293. The number of carbonyl (C=O) groups excluding carboxylic acids is 2. The first kappa shape index (κ1) is 13.6. The lowest BCUT2D eigenvalue weighted by molar-refractivity contribution is -0.117. The molecule has 1 aromatic heterocycles. The van der Waals surface area contributed by atoms with Crippen LogP contribution in [0.2, 0.25) is 0 Å². The molecule has 0 bridgehead atoms. The molecule has 2 aromatic rings. The second-order valence-corrected chi connectivity index (χ2v) is 5.02. The highest BCUT2D eigenvalue weighted by atomic mass is 35.5. The highest BCUT2D eigenvalue weighted by Crippen LogP contribution is 2.37.